The van der Waals surface area contributed by atoms with E-state index in [-0.39, 0.29) is 5.91 Å². The summed E-state index contributed by atoms with van der Waals surface area (Å²) in [4.78, 5) is 21.5. The van der Waals surface area contributed by atoms with Gasteiger partial charge in [0.1, 0.15) is 5.82 Å². The van der Waals surface area contributed by atoms with Gasteiger partial charge in [-0.25, -0.2) is 9.37 Å². The Bertz CT molecular complexity index is 1140. The number of nitrogens with zero attached hydrogens (tertiary/aromatic N) is 2. The predicted octanol–water partition coefficient (Wildman–Crippen LogP) is 4.85. The lowest BCUT2D eigenvalue weighted by Crippen LogP contribution is -2.13. The highest BCUT2D eigenvalue weighted by Crippen LogP contribution is 2.28. The zero-order valence-electron chi connectivity index (χ0n) is 13.6. The fourth-order valence-corrected chi connectivity index (χ4v) is 3.73. The lowest BCUT2D eigenvalue weighted by molar-refractivity contribution is 0.102. The van der Waals surface area contributed by atoms with Crippen LogP contribution >= 0.6 is 11.3 Å². The van der Waals surface area contributed by atoms with Crippen molar-refractivity contribution in [2.24, 2.45) is 0 Å². The van der Waals surface area contributed by atoms with Crippen LogP contribution in [-0.2, 0) is 0 Å². The molecule has 0 saturated heterocycles. The Labute approximate surface area is 147 Å². The van der Waals surface area contributed by atoms with Crippen molar-refractivity contribution in [2.75, 3.05) is 5.32 Å². The fourth-order valence-electron chi connectivity index (χ4n) is 2.77. The van der Waals surface area contributed by atoms with Gasteiger partial charge in [0.25, 0.3) is 5.91 Å². The van der Waals surface area contributed by atoms with Crippen LogP contribution in [0.15, 0.2) is 42.5 Å². The summed E-state index contributed by atoms with van der Waals surface area (Å²) < 4.78 is 14.6. The molecule has 2 aromatic heterocycles. The number of amides is 1. The number of rotatable bonds is 2. The number of aryl methyl sites for hydroxylation is 2. The van der Waals surface area contributed by atoms with E-state index in [1.807, 2.05) is 25.1 Å². The third-order valence-corrected chi connectivity index (χ3v) is 4.84. The number of aromatic nitrogens is 2. The van der Waals surface area contributed by atoms with E-state index in [1.165, 1.54) is 23.5 Å². The monoisotopic (exact) mass is 351 g/mol. The van der Waals surface area contributed by atoms with Crippen molar-refractivity contribution in [1.29, 1.82) is 0 Å². The van der Waals surface area contributed by atoms with Crippen LogP contribution in [0, 0.1) is 19.7 Å². The average molecular weight is 351 g/mol. The van der Waals surface area contributed by atoms with Gasteiger partial charge in [-0.15, -0.1) is 0 Å². The quantitative estimate of drug-likeness (QED) is 0.561. The van der Waals surface area contributed by atoms with Gasteiger partial charge in [-0.05, 0) is 55.8 Å². The molecule has 0 aliphatic carbocycles. The van der Waals surface area contributed by atoms with E-state index < -0.39 is 5.82 Å². The first-order chi connectivity index (χ1) is 12.0. The number of halogens is 1. The Balaban J connectivity index is 1.75. The molecular weight excluding hydrogens is 337 g/mol. The first-order valence-corrected chi connectivity index (χ1v) is 8.57. The largest absolute Gasteiger partial charge is 0.298 e. The number of hydrogen-bond acceptors (Lipinski definition) is 4. The molecule has 2 aromatic carbocycles. The lowest BCUT2D eigenvalue weighted by Gasteiger charge is -2.07. The first kappa shape index (κ1) is 15.7. The van der Waals surface area contributed by atoms with Crippen LogP contribution in [0.4, 0.5) is 9.52 Å². The van der Waals surface area contributed by atoms with Crippen LogP contribution < -0.4 is 5.32 Å². The van der Waals surface area contributed by atoms with E-state index in [1.54, 1.807) is 19.1 Å². The molecule has 6 heteroatoms. The molecular formula is C19H14FN3OS. The van der Waals surface area contributed by atoms with Crippen molar-refractivity contribution in [2.45, 2.75) is 13.8 Å². The van der Waals surface area contributed by atoms with Gasteiger partial charge in [0.15, 0.2) is 5.13 Å². The first-order valence-electron chi connectivity index (χ1n) is 7.75. The van der Waals surface area contributed by atoms with E-state index in [0.29, 0.717) is 27.3 Å². The van der Waals surface area contributed by atoms with Crippen LogP contribution in [0.3, 0.4) is 0 Å². The van der Waals surface area contributed by atoms with E-state index >= 15 is 0 Å². The number of benzene rings is 2. The standard InChI is InChI=1S/C19H14FN3OS/c1-10-3-5-16-17(7-10)25-19(22-16)23-18(24)14-8-11(2)21-15-6-4-12(20)9-13(14)15/h3-9H,1-2H3,(H,22,23,24). The Morgan fingerprint density at radius 3 is 2.68 bits per heavy atom. The van der Waals surface area contributed by atoms with E-state index in [9.17, 15) is 9.18 Å². The van der Waals surface area contributed by atoms with Crippen molar-refractivity contribution >= 4 is 43.5 Å². The normalized spacial score (nSPS) is 11.2. The summed E-state index contributed by atoms with van der Waals surface area (Å²) >= 11 is 1.41. The summed E-state index contributed by atoms with van der Waals surface area (Å²) in [6.45, 7) is 3.82. The second-order valence-electron chi connectivity index (χ2n) is 5.92. The number of carbonyl (C=O) groups is 1. The number of carbonyl (C=O) groups excluding carboxylic acids is 1. The van der Waals surface area contributed by atoms with Crippen molar-refractivity contribution in [3.8, 4) is 0 Å². The highest BCUT2D eigenvalue weighted by atomic mass is 32.1. The molecule has 4 rings (SSSR count). The zero-order chi connectivity index (χ0) is 17.6. The maximum atomic E-state index is 13.6. The summed E-state index contributed by atoms with van der Waals surface area (Å²) in [5, 5.41) is 3.83. The smallest absolute Gasteiger partial charge is 0.258 e. The second kappa shape index (κ2) is 5.89. The molecule has 2 heterocycles. The number of nitrogens with one attached hydrogen (secondary N) is 1. The molecule has 0 aliphatic rings. The van der Waals surface area contributed by atoms with Crippen molar-refractivity contribution < 1.29 is 9.18 Å². The Morgan fingerprint density at radius 2 is 1.84 bits per heavy atom. The highest BCUT2D eigenvalue weighted by Gasteiger charge is 2.15. The van der Waals surface area contributed by atoms with Crippen LogP contribution in [-0.4, -0.2) is 15.9 Å². The topological polar surface area (TPSA) is 54.9 Å². The van der Waals surface area contributed by atoms with Crippen LogP contribution in [0.1, 0.15) is 21.6 Å². The molecule has 4 aromatic rings. The second-order valence-corrected chi connectivity index (χ2v) is 6.95. The minimum Gasteiger partial charge on any atom is -0.298 e. The number of hydrogen-bond donors (Lipinski definition) is 1. The molecule has 0 fully saturated rings. The minimum absolute atomic E-state index is 0.322. The number of anilines is 1. The Kier molecular flexibility index (Phi) is 3.69. The van der Waals surface area contributed by atoms with Gasteiger partial charge in [-0.3, -0.25) is 15.1 Å². The molecule has 0 atom stereocenters. The molecule has 0 spiro atoms. The lowest BCUT2D eigenvalue weighted by atomic mass is 10.1. The van der Waals surface area contributed by atoms with E-state index in [0.717, 1.165) is 15.8 Å². The summed E-state index contributed by atoms with van der Waals surface area (Å²) in [6.07, 6.45) is 0. The van der Waals surface area contributed by atoms with Crippen molar-refractivity contribution in [3.05, 3.63) is 65.1 Å². The number of thiazole rings is 1. The maximum Gasteiger partial charge on any atom is 0.258 e. The fraction of sp³-hybridized carbons (Fsp3) is 0.105. The molecule has 124 valence electrons. The summed E-state index contributed by atoms with van der Waals surface area (Å²) in [7, 11) is 0. The van der Waals surface area contributed by atoms with Gasteiger partial charge in [0.2, 0.25) is 0 Å². The van der Waals surface area contributed by atoms with Gasteiger partial charge in [0.05, 0.1) is 21.3 Å². The van der Waals surface area contributed by atoms with Gasteiger partial charge >= 0.3 is 0 Å². The molecule has 0 bridgehead atoms. The van der Waals surface area contributed by atoms with Gasteiger partial charge in [-0.2, -0.15) is 0 Å². The van der Waals surface area contributed by atoms with Crippen LogP contribution in [0.2, 0.25) is 0 Å². The number of pyridine rings is 1. The van der Waals surface area contributed by atoms with Crippen molar-refractivity contribution in [3.63, 3.8) is 0 Å². The molecule has 25 heavy (non-hydrogen) atoms. The SMILES string of the molecule is Cc1ccc2nc(NC(=O)c3cc(C)nc4ccc(F)cc34)sc2c1. The van der Waals surface area contributed by atoms with E-state index in [2.05, 4.69) is 15.3 Å². The van der Waals surface area contributed by atoms with Crippen LogP contribution in [0.25, 0.3) is 21.1 Å². The molecule has 0 unspecified atom stereocenters. The summed E-state index contributed by atoms with van der Waals surface area (Å²) in [5.41, 5.74) is 3.65. The molecule has 1 N–H and O–H groups in total. The Hall–Kier alpha value is -2.86. The maximum absolute atomic E-state index is 13.6. The third-order valence-electron chi connectivity index (χ3n) is 3.91. The third kappa shape index (κ3) is 2.96. The van der Waals surface area contributed by atoms with Gasteiger partial charge in [-0.1, -0.05) is 17.4 Å². The summed E-state index contributed by atoms with van der Waals surface area (Å²) in [5.74, 6) is -0.723. The average Bonchev–Trinajstić information content (AvgIpc) is 2.95. The van der Waals surface area contributed by atoms with Crippen molar-refractivity contribution in [1.82, 2.24) is 9.97 Å². The van der Waals surface area contributed by atoms with Crippen LogP contribution in [0.5, 0.6) is 0 Å². The minimum atomic E-state index is -0.400. The zero-order valence-corrected chi connectivity index (χ0v) is 14.4. The molecule has 4 nitrogen and oxygen atoms in total. The summed E-state index contributed by atoms with van der Waals surface area (Å²) in [6, 6.07) is 11.9. The number of fused-ring (bicyclic) bond motifs is 2. The van der Waals surface area contributed by atoms with E-state index in [4.69, 9.17) is 0 Å². The molecule has 0 radical (unpaired) electrons. The van der Waals surface area contributed by atoms with Gasteiger partial charge in [0, 0.05) is 11.1 Å². The predicted molar refractivity (Wildman–Crippen MR) is 98.7 cm³/mol. The molecule has 0 aliphatic heterocycles. The Morgan fingerprint density at radius 1 is 1.04 bits per heavy atom. The molecule has 0 saturated carbocycles. The van der Waals surface area contributed by atoms with Gasteiger partial charge < -0.3 is 0 Å². The highest BCUT2D eigenvalue weighted by molar-refractivity contribution is 7.22. The molecule has 1 amide bonds.